The molecular weight excluding hydrogens is 330 g/mol. The zero-order chi connectivity index (χ0) is 17.7. The van der Waals surface area contributed by atoms with Crippen molar-refractivity contribution in [3.05, 3.63) is 58.4 Å². The summed E-state index contributed by atoms with van der Waals surface area (Å²) in [5.74, 6) is -0.455. The van der Waals surface area contributed by atoms with Gasteiger partial charge >= 0.3 is 5.97 Å². The molecule has 1 N–H and O–H groups in total. The van der Waals surface area contributed by atoms with Crippen molar-refractivity contribution in [1.82, 2.24) is 4.57 Å². The fourth-order valence-corrected chi connectivity index (χ4v) is 2.76. The Morgan fingerprint density at radius 3 is 2.54 bits per heavy atom. The van der Waals surface area contributed by atoms with Crippen molar-refractivity contribution in [1.29, 1.82) is 0 Å². The Hall–Kier alpha value is -1.82. The van der Waals surface area contributed by atoms with Gasteiger partial charge in [-0.05, 0) is 37.6 Å². The van der Waals surface area contributed by atoms with Crippen LogP contribution in [0.4, 0.5) is 0 Å². The molecule has 1 aromatic heterocycles. The summed E-state index contributed by atoms with van der Waals surface area (Å²) in [6.45, 7) is 4.43. The number of aliphatic hydroxyl groups excluding tert-OH is 1. The van der Waals surface area contributed by atoms with Crippen molar-refractivity contribution in [3.8, 4) is 0 Å². The van der Waals surface area contributed by atoms with Gasteiger partial charge in [0.15, 0.2) is 0 Å². The van der Waals surface area contributed by atoms with E-state index >= 15 is 0 Å². The van der Waals surface area contributed by atoms with E-state index in [2.05, 4.69) is 0 Å². The number of ether oxygens (including phenoxy) is 2. The molecule has 1 aromatic carbocycles. The minimum absolute atomic E-state index is 0.0462. The smallest absolute Gasteiger partial charge is 0.340 e. The second-order valence-electron chi connectivity index (χ2n) is 5.50. The number of carbonyl (C=O) groups is 1. The molecule has 0 bridgehead atoms. The van der Waals surface area contributed by atoms with Crippen LogP contribution in [0.1, 0.15) is 47.6 Å². The van der Waals surface area contributed by atoms with Crippen LogP contribution in [0.2, 0.25) is 5.02 Å². The van der Waals surface area contributed by atoms with Gasteiger partial charge in [-0.2, -0.15) is 0 Å². The van der Waals surface area contributed by atoms with Gasteiger partial charge in [0.1, 0.15) is 6.10 Å². The molecule has 0 saturated heterocycles. The molecule has 1 heterocycles. The van der Waals surface area contributed by atoms with E-state index < -0.39 is 12.1 Å². The Labute approximate surface area is 146 Å². The first-order valence-corrected chi connectivity index (χ1v) is 8.17. The molecule has 2 atom stereocenters. The topological polar surface area (TPSA) is 60.7 Å². The number of aliphatic hydroxyl groups is 1. The van der Waals surface area contributed by atoms with Gasteiger partial charge in [-0.1, -0.05) is 23.7 Å². The highest BCUT2D eigenvalue weighted by Gasteiger charge is 2.26. The summed E-state index contributed by atoms with van der Waals surface area (Å²) in [4.78, 5) is 12.3. The molecule has 0 aliphatic carbocycles. The van der Waals surface area contributed by atoms with E-state index in [-0.39, 0.29) is 12.6 Å². The molecular formula is C18H22ClNO4. The quantitative estimate of drug-likeness (QED) is 0.774. The van der Waals surface area contributed by atoms with Crippen LogP contribution < -0.4 is 0 Å². The summed E-state index contributed by atoms with van der Waals surface area (Å²) >= 11 is 5.91. The minimum Gasteiger partial charge on any atom is -0.462 e. The first-order valence-electron chi connectivity index (χ1n) is 7.79. The predicted octanol–water partition coefficient (Wildman–Crippen LogP) is 3.61. The molecule has 24 heavy (non-hydrogen) atoms. The normalized spacial score (nSPS) is 13.5. The number of halogens is 1. The van der Waals surface area contributed by atoms with Crippen LogP contribution in [-0.2, 0) is 9.47 Å². The van der Waals surface area contributed by atoms with Gasteiger partial charge in [0, 0.05) is 18.3 Å². The van der Waals surface area contributed by atoms with Crippen LogP contribution in [0.5, 0.6) is 0 Å². The van der Waals surface area contributed by atoms with E-state index in [4.69, 9.17) is 21.1 Å². The van der Waals surface area contributed by atoms with E-state index in [9.17, 15) is 9.90 Å². The summed E-state index contributed by atoms with van der Waals surface area (Å²) in [5, 5.41) is 11.4. The van der Waals surface area contributed by atoms with Gasteiger partial charge in [0.05, 0.1) is 30.5 Å². The molecule has 0 aliphatic rings. The number of methoxy groups -OCH3 is 1. The summed E-state index contributed by atoms with van der Waals surface area (Å²) < 4.78 is 12.1. The average Bonchev–Trinajstić information content (AvgIpc) is 3.00. The molecule has 0 saturated carbocycles. The number of hydrogen-bond donors (Lipinski definition) is 1. The number of nitrogens with zero attached hydrogens (tertiary/aromatic N) is 1. The SMILES string of the molecule is CCOC(=O)c1ccn([C@H](C)COC)c1C(O)c1ccc(Cl)cc1. The lowest BCUT2D eigenvalue weighted by molar-refractivity contribution is 0.0519. The maximum absolute atomic E-state index is 12.3. The van der Waals surface area contributed by atoms with Gasteiger partial charge in [-0.15, -0.1) is 0 Å². The van der Waals surface area contributed by atoms with Gasteiger partial charge in [0.2, 0.25) is 0 Å². The predicted molar refractivity (Wildman–Crippen MR) is 92.5 cm³/mol. The third-order valence-electron chi connectivity index (χ3n) is 3.78. The first kappa shape index (κ1) is 18.5. The summed E-state index contributed by atoms with van der Waals surface area (Å²) in [6.07, 6.45) is 0.792. The van der Waals surface area contributed by atoms with Crippen LogP contribution in [-0.4, -0.2) is 36.0 Å². The lowest BCUT2D eigenvalue weighted by Gasteiger charge is -2.21. The molecule has 2 aromatic rings. The Morgan fingerprint density at radius 2 is 1.96 bits per heavy atom. The Kier molecular flexibility index (Phi) is 6.43. The van der Waals surface area contributed by atoms with Crippen molar-refractivity contribution in [3.63, 3.8) is 0 Å². The summed E-state index contributed by atoms with van der Waals surface area (Å²) in [7, 11) is 1.61. The van der Waals surface area contributed by atoms with Crippen molar-refractivity contribution < 1.29 is 19.4 Å². The third kappa shape index (κ3) is 3.98. The lowest BCUT2D eigenvalue weighted by Crippen LogP contribution is -2.19. The fourth-order valence-electron chi connectivity index (χ4n) is 2.64. The first-order chi connectivity index (χ1) is 11.5. The maximum Gasteiger partial charge on any atom is 0.340 e. The molecule has 6 heteroatoms. The molecule has 130 valence electrons. The van der Waals surface area contributed by atoms with Crippen LogP contribution in [0.3, 0.4) is 0 Å². The second-order valence-corrected chi connectivity index (χ2v) is 5.94. The third-order valence-corrected chi connectivity index (χ3v) is 4.03. The van der Waals surface area contributed by atoms with Gasteiger partial charge in [-0.3, -0.25) is 0 Å². The average molecular weight is 352 g/mol. The second kappa shape index (κ2) is 8.33. The number of rotatable bonds is 7. The molecule has 5 nitrogen and oxygen atoms in total. The lowest BCUT2D eigenvalue weighted by atomic mass is 10.0. The van der Waals surface area contributed by atoms with Crippen molar-refractivity contribution >= 4 is 17.6 Å². The number of aromatic nitrogens is 1. The molecule has 0 aliphatic heterocycles. The molecule has 1 unspecified atom stereocenters. The van der Waals surface area contributed by atoms with Crippen LogP contribution in [0, 0.1) is 0 Å². The molecule has 0 radical (unpaired) electrons. The van der Waals surface area contributed by atoms with E-state index in [1.807, 2.05) is 11.5 Å². The number of hydrogen-bond acceptors (Lipinski definition) is 4. The molecule has 0 spiro atoms. The van der Waals surface area contributed by atoms with Crippen LogP contribution in [0.15, 0.2) is 36.5 Å². The van der Waals surface area contributed by atoms with Crippen LogP contribution in [0.25, 0.3) is 0 Å². The largest absolute Gasteiger partial charge is 0.462 e. The van der Waals surface area contributed by atoms with Gasteiger partial charge in [-0.25, -0.2) is 4.79 Å². The minimum atomic E-state index is -0.976. The maximum atomic E-state index is 12.3. The van der Waals surface area contributed by atoms with E-state index in [1.54, 1.807) is 50.6 Å². The van der Waals surface area contributed by atoms with Crippen molar-refractivity contribution in [2.45, 2.75) is 26.0 Å². The molecule has 2 rings (SSSR count). The monoisotopic (exact) mass is 351 g/mol. The van der Waals surface area contributed by atoms with Gasteiger partial charge in [0.25, 0.3) is 0 Å². The highest BCUT2D eigenvalue weighted by molar-refractivity contribution is 6.30. The van der Waals surface area contributed by atoms with E-state index in [0.29, 0.717) is 28.5 Å². The highest BCUT2D eigenvalue weighted by atomic mass is 35.5. The van der Waals surface area contributed by atoms with Crippen LogP contribution >= 0.6 is 11.6 Å². The Morgan fingerprint density at radius 1 is 1.29 bits per heavy atom. The van der Waals surface area contributed by atoms with Crippen molar-refractivity contribution in [2.24, 2.45) is 0 Å². The number of esters is 1. The zero-order valence-corrected chi connectivity index (χ0v) is 14.8. The molecule has 0 amide bonds. The number of benzene rings is 1. The zero-order valence-electron chi connectivity index (χ0n) is 14.0. The summed E-state index contributed by atoms with van der Waals surface area (Å²) in [5.41, 5.74) is 1.48. The Balaban J connectivity index is 2.48. The molecule has 0 fully saturated rings. The van der Waals surface area contributed by atoms with E-state index in [1.165, 1.54) is 0 Å². The van der Waals surface area contributed by atoms with Crippen molar-refractivity contribution in [2.75, 3.05) is 20.3 Å². The summed E-state index contributed by atoms with van der Waals surface area (Å²) in [6, 6.07) is 8.50. The standard InChI is InChI=1S/C18H22ClNO4/c1-4-24-18(22)15-9-10-20(12(2)11-23-3)16(15)17(21)13-5-7-14(19)8-6-13/h5-10,12,17,21H,4,11H2,1-3H3/t12-,17?/m1/s1. The Bertz CT molecular complexity index is 681. The van der Waals surface area contributed by atoms with E-state index in [0.717, 1.165) is 0 Å². The highest BCUT2D eigenvalue weighted by Crippen LogP contribution is 2.30. The van der Waals surface area contributed by atoms with Gasteiger partial charge < -0.3 is 19.1 Å². The number of carbonyl (C=O) groups excluding carboxylic acids is 1. The fraction of sp³-hybridized carbons (Fsp3) is 0.389.